The van der Waals surface area contributed by atoms with E-state index >= 15 is 0 Å². The lowest BCUT2D eigenvalue weighted by atomic mass is 10.0. The zero-order chi connectivity index (χ0) is 14.5. The van der Waals surface area contributed by atoms with Crippen LogP contribution in [0, 0.1) is 13.8 Å². The summed E-state index contributed by atoms with van der Waals surface area (Å²) in [5.74, 6) is 0. The van der Waals surface area contributed by atoms with E-state index in [2.05, 4.69) is 10.2 Å². The van der Waals surface area contributed by atoms with Crippen molar-refractivity contribution in [1.82, 2.24) is 0 Å². The standard InChI is InChI=1S/C16H14Cl2N2/c1-11-7-6-8-12(2)14(11)16(18)20-19-15(17)13-9-4-3-5-10-13/h3-10H,1-2H3/b19-15+,20-16-. The maximum absolute atomic E-state index is 6.23. The van der Waals surface area contributed by atoms with Gasteiger partial charge in [-0.2, -0.15) is 0 Å². The molecule has 0 heterocycles. The van der Waals surface area contributed by atoms with Gasteiger partial charge in [0.1, 0.15) is 0 Å². The van der Waals surface area contributed by atoms with Crippen LogP contribution >= 0.6 is 23.2 Å². The Morgan fingerprint density at radius 3 is 1.90 bits per heavy atom. The van der Waals surface area contributed by atoms with Crippen LogP contribution in [0.4, 0.5) is 0 Å². The third-order valence-electron chi connectivity index (χ3n) is 2.93. The Kier molecular flexibility index (Phi) is 4.94. The van der Waals surface area contributed by atoms with Crippen molar-refractivity contribution in [2.24, 2.45) is 10.2 Å². The van der Waals surface area contributed by atoms with Crippen molar-refractivity contribution in [2.75, 3.05) is 0 Å². The molecule has 0 bridgehead atoms. The average molecular weight is 305 g/mol. The van der Waals surface area contributed by atoms with Gasteiger partial charge in [0.05, 0.1) is 0 Å². The van der Waals surface area contributed by atoms with Crippen LogP contribution in [0.2, 0.25) is 0 Å². The molecule has 2 rings (SSSR count). The van der Waals surface area contributed by atoms with Crippen molar-refractivity contribution in [3.63, 3.8) is 0 Å². The molecule has 20 heavy (non-hydrogen) atoms. The first-order chi connectivity index (χ1) is 9.59. The second kappa shape index (κ2) is 6.69. The summed E-state index contributed by atoms with van der Waals surface area (Å²) >= 11 is 12.3. The van der Waals surface area contributed by atoms with E-state index in [0.717, 1.165) is 22.3 Å². The minimum atomic E-state index is 0.315. The van der Waals surface area contributed by atoms with Gasteiger partial charge in [-0.05, 0) is 25.0 Å². The lowest BCUT2D eigenvalue weighted by molar-refractivity contribution is 1.24. The van der Waals surface area contributed by atoms with Gasteiger partial charge in [-0.1, -0.05) is 71.7 Å². The smallest absolute Gasteiger partial charge is 0.136 e. The highest BCUT2D eigenvalue weighted by molar-refractivity contribution is 6.71. The number of nitrogens with zero attached hydrogens (tertiary/aromatic N) is 2. The van der Waals surface area contributed by atoms with Gasteiger partial charge >= 0.3 is 0 Å². The lowest BCUT2D eigenvalue weighted by Gasteiger charge is -2.06. The summed E-state index contributed by atoms with van der Waals surface area (Å²) in [5, 5.41) is 8.68. The van der Waals surface area contributed by atoms with Gasteiger partial charge in [0.2, 0.25) is 0 Å². The first kappa shape index (κ1) is 14.8. The Labute approximate surface area is 128 Å². The molecule has 0 fully saturated rings. The molecule has 0 aliphatic rings. The second-order valence-electron chi connectivity index (χ2n) is 4.41. The van der Waals surface area contributed by atoms with Crippen LogP contribution < -0.4 is 0 Å². The number of benzene rings is 2. The van der Waals surface area contributed by atoms with E-state index in [0.29, 0.717) is 10.3 Å². The van der Waals surface area contributed by atoms with Crippen LogP contribution in [0.3, 0.4) is 0 Å². The summed E-state index contributed by atoms with van der Waals surface area (Å²) in [6.45, 7) is 3.98. The average Bonchev–Trinajstić information content (AvgIpc) is 2.45. The first-order valence-corrected chi connectivity index (χ1v) is 6.94. The summed E-state index contributed by atoms with van der Waals surface area (Å²) in [7, 11) is 0. The Morgan fingerprint density at radius 2 is 1.30 bits per heavy atom. The highest BCUT2D eigenvalue weighted by Crippen LogP contribution is 2.17. The number of halogens is 2. The molecular formula is C16H14Cl2N2. The molecule has 2 nitrogen and oxygen atoms in total. The first-order valence-electron chi connectivity index (χ1n) is 6.18. The molecule has 0 aliphatic carbocycles. The van der Waals surface area contributed by atoms with E-state index in [1.54, 1.807) is 0 Å². The fraction of sp³-hybridized carbons (Fsp3) is 0.125. The molecule has 4 heteroatoms. The predicted octanol–water partition coefficient (Wildman–Crippen LogP) is 4.89. The Bertz CT molecular complexity index is 641. The summed E-state index contributed by atoms with van der Waals surface area (Å²) in [5.41, 5.74) is 3.83. The largest absolute Gasteiger partial charge is 0.159 e. The molecule has 0 saturated carbocycles. The minimum Gasteiger partial charge on any atom is -0.136 e. The van der Waals surface area contributed by atoms with Crippen molar-refractivity contribution in [3.8, 4) is 0 Å². The Balaban J connectivity index is 2.32. The lowest BCUT2D eigenvalue weighted by Crippen LogP contribution is -1.99. The molecule has 2 aromatic rings. The molecule has 0 atom stereocenters. The van der Waals surface area contributed by atoms with Crippen molar-refractivity contribution < 1.29 is 0 Å². The second-order valence-corrected chi connectivity index (χ2v) is 5.13. The summed E-state index contributed by atoms with van der Waals surface area (Å²) in [6, 6.07) is 15.4. The number of aryl methyl sites for hydroxylation is 2. The van der Waals surface area contributed by atoms with Crippen LogP contribution in [0.5, 0.6) is 0 Å². The molecule has 0 spiro atoms. The van der Waals surface area contributed by atoms with Crippen molar-refractivity contribution in [1.29, 1.82) is 0 Å². The van der Waals surface area contributed by atoms with Crippen LogP contribution in [-0.4, -0.2) is 10.3 Å². The highest BCUT2D eigenvalue weighted by atomic mass is 35.5. The van der Waals surface area contributed by atoms with Crippen LogP contribution in [0.1, 0.15) is 22.3 Å². The molecule has 0 unspecified atom stereocenters. The molecule has 102 valence electrons. The number of hydrogen-bond acceptors (Lipinski definition) is 2. The fourth-order valence-corrected chi connectivity index (χ4v) is 2.41. The monoisotopic (exact) mass is 304 g/mol. The molecule has 0 amide bonds. The minimum absolute atomic E-state index is 0.315. The number of rotatable bonds is 3. The predicted molar refractivity (Wildman–Crippen MR) is 87.1 cm³/mol. The molecule has 0 radical (unpaired) electrons. The van der Waals surface area contributed by atoms with Gasteiger partial charge < -0.3 is 0 Å². The molecule has 0 aromatic heterocycles. The quantitative estimate of drug-likeness (QED) is 0.570. The van der Waals surface area contributed by atoms with Gasteiger partial charge in [0, 0.05) is 11.1 Å². The van der Waals surface area contributed by atoms with Crippen LogP contribution in [0.25, 0.3) is 0 Å². The van der Waals surface area contributed by atoms with E-state index in [1.807, 2.05) is 62.4 Å². The maximum atomic E-state index is 6.23. The third-order valence-corrected chi connectivity index (χ3v) is 3.48. The van der Waals surface area contributed by atoms with Gasteiger partial charge in [-0.15, -0.1) is 10.2 Å². The van der Waals surface area contributed by atoms with E-state index < -0.39 is 0 Å². The molecule has 0 N–H and O–H groups in total. The van der Waals surface area contributed by atoms with E-state index in [4.69, 9.17) is 23.2 Å². The molecule has 0 aliphatic heterocycles. The number of hydrogen-bond donors (Lipinski definition) is 0. The van der Waals surface area contributed by atoms with Crippen molar-refractivity contribution >= 4 is 33.5 Å². The summed E-state index contributed by atoms with van der Waals surface area (Å²) in [6.07, 6.45) is 0. The van der Waals surface area contributed by atoms with Gasteiger partial charge in [-0.25, -0.2) is 0 Å². The Hall–Kier alpha value is -1.64. The van der Waals surface area contributed by atoms with Crippen LogP contribution in [-0.2, 0) is 0 Å². The Morgan fingerprint density at radius 1 is 0.750 bits per heavy atom. The summed E-state index contributed by atoms with van der Waals surface area (Å²) < 4.78 is 0. The van der Waals surface area contributed by atoms with Gasteiger partial charge in [0.15, 0.2) is 10.3 Å². The fourth-order valence-electron chi connectivity index (χ4n) is 1.91. The van der Waals surface area contributed by atoms with E-state index in [9.17, 15) is 0 Å². The van der Waals surface area contributed by atoms with Gasteiger partial charge in [0.25, 0.3) is 0 Å². The van der Waals surface area contributed by atoms with Gasteiger partial charge in [-0.3, -0.25) is 0 Å². The molecular weight excluding hydrogens is 291 g/mol. The third kappa shape index (κ3) is 3.47. The maximum Gasteiger partial charge on any atom is 0.159 e. The van der Waals surface area contributed by atoms with E-state index in [1.165, 1.54) is 0 Å². The zero-order valence-electron chi connectivity index (χ0n) is 11.3. The normalized spacial score (nSPS) is 12.6. The van der Waals surface area contributed by atoms with Crippen LogP contribution in [0.15, 0.2) is 58.7 Å². The van der Waals surface area contributed by atoms with E-state index in [-0.39, 0.29) is 0 Å². The summed E-state index contributed by atoms with van der Waals surface area (Å²) in [4.78, 5) is 0. The SMILES string of the molecule is Cc1cccc(C)c1/C(Cl)=N/N=C(/Cl)c1ccccc1. The van der Waals surface area contributed by atoms with Crippen molar-refractivity contribution in [3.05, 3.63) is 70.8 Å². The topological polar surface area (TPSA) is 24.7 Å². The molecule has 2 aromatic carbocycles. The highest BCUT2D eigenvalue weighted by Gasteiger charge is 2.07. The molecule has 0 saturated heterocycles. The van der Waals surface area contributed by atoms with Crippen molar-refractivity contribution in [2.45, 2.75) is 13.8 Å². The zero-order valence-corrected chi connectivity index (χ0v) is 12.8.